The number of aliphatic carboxylic acids is 1. The number of fused-ring (bicyclic) bond motifs is 1. The summed E-state index contributed by atoms with van der Waals surface area (Å²) in [6.45, 7) is -0.637. The summed E-state index contributed by atoms with van der Waals surface area (Å²) in [5.74, 6) is -1.48. The highest BCUT2D eigenvalue weighted by Crippen LogP contribution is 2.47. The Morgan fingerprint density at radius 2 is 2.19 bits per heavy atom. The molecule has 3 heterocycles. The molecule has 0 aromatic carbocycles. The van der Waals surface area contributed by atoms with E-state index < -0.39 is 30.5 Å². The van der Waals surface area contributed by atoms with Crippen LogP contribution in [0.25, 0.3) is 10.2 Å². The van der Waals surface area contributed by atoms with Gasteiger partial charge in [-0.3, -0.25) is 4.79 Å². The van der Waals surface area contributed by atoms with Gasteiger partial charge in [-0.15, -0.1) is 11.3 Å². The van der Waals surface area contributed by atoms with Crippen LogP contribution < -0.4 is 4.90 Å². The number of hydrogen-bond donors (Lipinski definition) is 1. The number of carboxylic acids is 1. The van der Waals surface area contributed by atoms with Crippen LogP contribution in [0, 0.1) is 5.41 Å². The van der Waals surface area contributed by atoms with Crippen molar-refractivity contribution in [1.29, 1.82) is 0 Å². The number of anilines is 1. The van der Waals surface area contributed by atoms with Crippen LogP contribution >= 0.6 is 11.3 Å². The topological polar surface area (TPSA) is 66.3 Å². The molecule has 0 bridgehead atoms. The zero-order valence-corrected chi connectivity index (χ0v) is 11.4. The summed E-state index contributed by atoms with van der Waals surface area (Å²) in [5, 5.41) is 11.5. The number of carbonyl (C=O) groups is 1. The number of rotatable bonds is 2. The summed E-state index contributed by atoms with van der Waals surface area (Å²) in [6.07, 6.45) is -4.00. The number of nitrogens with zero attached hydrogens (tertiary/aromatic N) is 3. The van der Waals surface area contributed by atoms with Crippen molar-refractivity contribution in [3.8, 4) is 0 Å². The van der Waals surface area contributed by atoms with Crippen molar-refractivity contribution in [3.63, 3.8) is 0 Å². The van der Waals surface area contributed by atoms with E-state index in [9.17, 15) is 18.0 Å². The van der Waals surface area contributed by atoms with Gasteiger partial charge < -0.3 is 10.0 Å². The van der Waals surface area contributed by atoms with Crippen LogP contribution in [0.15, 0.2) is 17.8 Å². The fraction of sp³-hybridized carbons (Fsp3) is 0.417. The van der Waals surface area contributed by atoms with E-state index in [0.717, 1.165) is 0 Å². The Kier molecular flexibility index (Phi) is 3.05. The first kappa shape index (κ1) is 14.1. The van der Waals surface area contributed by atoms with Gasteiger partial charge in [-0.1, -0.05) is 0 Å². The molecule has 1 saturated heterocycles. The Hall–Kier alpha value is -1.90. The Morgan fingerprint density at radius 1 is 1.43 bits per heavy atom. The molecule has 9 heteroatoms. The number of hydrogen-bond acceptors (Lipinski definition) is 5. The Balaban J connectivity index is 2.00. The molecule has 112 valence electrons. The first-order chi connectivity index (χ1) is 9.85. The highest BCUT2D eigenvalue weighted by atomic mass is 32.1. The molecule has 1 unspecified atom stereocenters. The Bertz CT molecular complexity index is 702. The smallest absolute Gasteiger partial charge is 0.406 e. The fourth-order valence-corrected chi connectivity index (χ4v) is 3.27. The second kappa shape index (κ2) is 4.55. The molecule has 5 nitrogen and oxygen atoms in total. The van der Waals surface area contributed by atoms with Gasteiger partial charge in [-0.2, -0.15) is 13.2 Å². The molecule has 1 fully saturated rings. The van der Waals surface area contributed by atoms with Gasteiger partial charge in [0.15, 0.2) is 5.41 Å². The SMILES string of the molecule is O=C(O)C1(C(F)(F)F)CCN(c2ncnc3sccc23)C1. The van der Waals surface area contributed by atoms with Gasteiger partial charge in [-0.25, -0.2) is 9.97 Å². The normalized spacial score (nSPS) is 22.9. The van der Waals surface area contributed by atoms with E-state index in [4.69, 9.17) is 5.11 Å². The Morgan fingerprint density at radius 3 is 2.81 bits per heavy atom. The van der Waals surface area contributed by atoms with E-state index in [2.05, 4.69) is 9.97 Å². The third kappa shape index (κ3) is 2.03. The van der Waals surface area contributed by atoms with Crippen molar-refractivity contribution in [2.75, 3.05) is 18.0 Å². The average Bonchev–Trinajstić information content (AvgIpc) is 3.04. The van der Waals surface area contributed by atoms with Gasteiger partial charge in [0, 0.05) is 13.1 Å². The quantitative estimate of drug-likeness (QED) is 0.922. The number of halogens is 3. The monoisotopic (exact) mass is 317 g/mol. The molecule has 2 aromatic heterocycles. The first-order valence-electron chi connectivity index (χ1n) is 6.08. The van der Waals surface area contributed by atoms with Gasteiger partial charge in [0.05, 0.1) is 5.39 Å². The number of alkyl halides is 3. The van der Waals surface area contributed by atoms with E-state index in [1.54, 1.807) is 11.4 Å². The fourth-order valence-electron chi connectivity index (χ4n) is 2.55. The molecule has 0 radical (unpaired) electrons. The molecule has 21 heavy (non-hydrogen) atoms. The second-order valence-corrected chi connectivity index (χ2v) is 5.79. The predicted octanol–water partition coefficient (Wildman–Crippen LogP) is 2.53. The predicted molar refractivity (Wildman–Crippen MR) is 70.4 cm³/mol. The third-order valence-corrected chi connectivity index (χ3v) is 4.58. The van der Waals surface area contributed by atoms with Crippen LogP contribution in [-0.4, -0.2) is 40.3 Å². The molecule has 1 atom stereocenters. The van der Waals surface area contributed by atoms with Crippen LogP contribution in [0.4, 0.5) is 19.0 Å². The maximum Gasteiger partial charge on any atom is 0.406 e. The van der Waals surface area contributed by atoms with E-state index >= 15 is 0 Å². The van der Waals surface area contributed by atoms with Crippen LogP contribution in [0.2, 0.25) is 0 Å². The van der Waals surface area contributed by atoms with Crippen LogP contribution in [0.1, 0.15) is 6.42 Å². The number of carboxylic acid groups (broad SMARTS) is 1. The van der Waals surface area contributed by atoms with Crippen LogP contribution in [0.5, 0.6) is 0 Å². The molecular weight excluding hydrogens is 307 g/mol. The summed E-state index contributed by atoms with van der Waals surface area (Å²) < 4.78 is 39.5. The van der Waals surface area contributed by atoms with Gasteiger partial charge in [0.25, 0.3) is 0 Å². The van der Waals surface area contributed by atoms with E-state index in [-0.39, 0.29) is 6.54 Å². The summed E-state index contributed by atoms with van der Waals surface area (Å²) in [5.41, 5.74) is -2.74. The van der Waals surface area contributed by atoms with Gasteiger partial charge in [0.2, 0.25) is 0 Å². The van der Waals surface area contributed by atoms with Crippen molar-refractivity contribution in [2.45, 2.75) is 12.6 Å². The van der Waals surface area contributed by atoms with Crippen molar-refractivity contribution in [1.82, 2.24) is 9.97 Å². The largest absolute Gasteiger partial charge is 0.481 e. The summed E-state index contributed by atoms with van der Waals surface area (Å²) >= 11 is 1.36. The number of aromatic nitrogens is 2. The van der Waals surface area contributed by atoms with E-state index in [1.807, 2.05) is 0 Å². The van der Waals surface area contributed by atoms with Gasteiger partial charge in [0.1, 0.15) is 17.0 Å². The molecular formula is C12H10F3N3O2S. The maximum atomic E-state index is 13.2. The lowest BCUT2D eigenvalue weighted by Crippen LogP contribution is -2.47. The van der Waals surface area contributed by atoms with Crippen molar-refractivity contribution in [2.24, 2.45) is 5.41 Å². The highest BCUT2D eigenvalue weighted by Gasteiger charge is 2.63. The van der Waals surface area contributed by atoms with Crippen LogP contribution in [0.3, 0.4) is 0 Å². The second-order valence-electron chi connectivity index (χ2n) is 4.89. The summed E-state index contributed by atoms with van der Waals surface area (Å²) in [4.78, 5) is 21.3. The summed E-state index contributed by atoms with van der Waals surface area (Å²) in [6, 6.07) is 1.73. The maximum absolute atomic E-state index is 13.2. The van der Waals surface area contributed by atoms with Gasteiger partial charge >= 0.3 is 12.1 Å². The lowest BCUT2D eigenvalue weighted by atomic mass is 9.86. The minimum Gasteiger partial charge on any atom is -0.481 e. The average molecular weight is 317 g/mol. The zero-order valence-electron chi connectivity index (χ0n) is 10.6. The summed E-state index contributed by atoms with van der Waals surface area (Å²) in [7, 11) is 0. The molecule has 1 aliphatic rings. The highest BCUT2D eigenvalue weighted by molar-refractivity contribution is 7.16. The molecule has 1 aliphatic heterocycles. The van der Waals surface area contributed by atoms with Gasteiger partial charge in [-0.05, 0) is 17.9 Å². The Labute approximate surface area is 121 Å². The lowest BCUT2D eigenvalue weighted by Gasteiger charge is -2.27. The van der Waals surface area contributed by atoms with Crippen molar-refractivity contribution >= 4 is 33.3 Å². The zero-order chi connectivity index (χ0) is 15.3. The standard InChI is InChI=1S/C12H10F3N3O2S/c13-12(14,15)11(10(19)20)2-3-18(5-11)8-7-1-4-21-9(7)17-6-16-8/h1,4,6H,2-3,5H2,(H,19,20). The molecule has 2 aromatic rings. The van der Waals surface area contributed by atoms with E-state index in [1.165, 1.54) is 22.6 Å². The minimum absolute atomic E-state index is 0.00618. The molecule has 3 rings (SSSR count). The minimum atomic E-state index is -4.80. The molecule has 0 aliphatic carbocycles. The lowest BCUT2D eigenvalue weighted by molar-refractivity contribution is -0.225. The van der Waals surface area contributed by atoms with E-state index in [0.29, 0.717) is 16.0 Å². The van der Waals surface area contributed by atoms with Crippen molar-refractivity contribution < 1.29 is 23.1 Å². The van der Waals surface area contributed by atoms with Crippen molar-refractivity contribution in [3.05, 3.63) is 17.8 Å². The molecule has 0 spiro atoms. The first-order valence-corrected chi connectivity index (χ1v) is 6.96. The molecule has 0 saturated carbocycles. The van der Waals surface area contributed by atoms with Crippen LogP contribution in [-0.2, 0) is 4.79 Å². The third-order valence-electron chi connectivity index (χ3n) is 3.76. The molecule has 1 N–H and O–H groups in total. The number of thiophene rings is 1. The molecule has 0 amide bonds.